The number of imidazole rings is 1. The third-order valence-electron chi connectivity index (χ3n) is 13.5. The highest BCUT2D eigenvalue weighted by atomic mass is 32.2. The average Bonchev–Trinajstić information content (AvgIpc) is 3.60. The maximum atomic E-state index is 14.3. The summed E-state index contributed by atoms with van der Waals surface area (Å²) in [4.78, 5) is 144. The molecular weight excluding hydrogens is 1190 g/mol. The number of fused-ring (bicyclic) bond motifs is 1. The minimum atomic E-state index is -1.35. The Bertz CT molecular complexity index is 2940. The van der Waals surface area contributed by atoms with Crippen molar-refractivity contribution in [3.8, 4) is 0 Å². The number of unbranched alkanes of at least 4 members (excludes halogenated alkanes) is 2. The summed E-state index contributed by atoms with van der Waals surface area (Å²) in [5.74, 6) is -7.38. The molecule has 0 fully saturated rings. The van der Waals surface area contributed by atoms with Crippen molar-refractivity contribution < 1.29 is 47.9 Å². The van der Waals surface area contributed by atoms with Gasteiger partial charge in [0.1, 0.15) is 42.3 Å². The molecule has 88 heavy (non-hydrogen) atoms. The van der Waals surface area contributed by atoms with Crippen LogP contribution in [0, 0.1) is 11.8 Å². The van der Waals surface area contributed by atoms with Crippen molar-refractivity contribution in [2.45, 2.75) is 155 Å². The third kappa shape index (κ3) is 27.2. The van der Waals surface area contributed by atoms with Crippen LogP contribution in [0.2, 0.25) is 0 Å². The first-order chi connectivity index (χ1) is 41.7. The van der Waals surface area contributed by atoms with Gasteiger partial charge in [-0.2, -0.15) is 22.0 Å². The highest BCUT2D eigenvalue weighted by Gasteiger charge is 2.34. The molecule has 0 radical (unpaired) electrons. The third-order valence-corrected chi connectivity index (χ3v) is 14.7. The Hall–Kier alpha value is -8.26. The molecule has 0 saturated carbocycles. The number of rotatable bonds is 38. The average molecular weight is 1280 g/mol. The number of aromatic nitrogens is 3. The summed E-state index contributed by atoms with van der Waals surface area (Å²) in [6, 6.07) is -1.29. The number of benzene rings is 1. The number of hydrogen-bond donors (Lipinski definition) is 16. The standard InChI is InChI=1S/C56H87N19O10S3/c1-30(2)23-41(52(83)68-39(48(58)79)20-22-88-9)69-53(84)43(25-36-27-60-29-64-36)67-46(78)28-63-54(85)47(31(3)4)71-49(80)34(7)65-51(82)42(24-35-26-62-38-16-13-12-15-37(35)38)70-50(81)40(18-19-44(57)76)66-45(77)17-11-10-14-21-61-56(87)75-73-33(6)32(5)72-74-55(86)59-8/h12-13,15-16,26-27,29-31,34,39-43,47,62H,10-11,14,17-25,28H2,1-9H3,(H2,57,76)(H2,58,79)(H,60,64)(H,63,85)(H,65,82)(H,66,77)(H,67,78)(H,68,83)(H,69,84)(H,70,81)(H,71,80)(H2,59,74,86)(H2,61,75,87)/b72-32+,73-33+/t34-,39?,40?,41?,42?,43?,47?/m0/s1. The van der Waals surface area contributed by atoms with Crippen LogP contribution in [0.4, 0.5) is 0 Å². The lowest BCUT2D eigenvalue weighted by Crippen LogP contribution is -2.59. The molecule has 2 heterocycles. The number of thiocarbonyl (C=S) groups is 2. The van der Waals surface area contributed by atoms with Crippen LogP contribution < -0.4 is 75.5 Å². The quantitative estimate of drug-likeness (QED) is 0.0146. The van der Waals surface area contributed by atoms with Gasteiger partial charge in [-0.15, -0.1) is 0 Å². The van der Waals surface area contributed by atoms with E-state index >= 15 is 0 Å². The number of hydrogen-bond acceptors (Lipinski definition) is 16. The Morgan fingerprint density at radius 2 is 1.26 bits per heavy atom. The molecule has 18 N–H and O–H groups in total. The monoisotopic (exact) mass is 1280 g/mol. The molecule has 0 bridgehead atoms. The second kappa shape index (κ2) is 38.8. The molecule has 1 aromatic carbocycles. The number of carbonyl (C=O) groups excluding carboxylic acids is 10. The van der Waals surface area contributed by atoms with Crippen molar-refractivity contribution in [3.05, 3.63) is 54.2 Å². The van der Waals surface area contributed by atoms with Crippen LogP contribution in [0.5, 0.6) is 0 Å². The zero-order valence-electron chi connectivity index (χ0n) is 51.2. The fourth-order valence-electron chi connectivity index (χ4n) is 8.45. The summed E-state index contributed by atoms with van der Waals surface area (Å²) in [7, 11) is 1.67. The van der Waals surface area contributed by atoms with E-state index in [4.69, 9.17) is 35.9 Å². The van der Waals surface area contributed by atoms with Gasteiger partial charge in [-0.3, -0.25) is 58.8 Å². The Morgan fingerprint density at radius 1 is 0.648 bits per heavy atom. The van der Waals surface area contributed by atoms with Crippen LogP contribution in [0.3, 0.4) is 0 Å². The van der Waals surface area contributed by atoms with Crippen LogP contribution in [-0.2, 0) is 60.8 Å². The van der Waals surface area contributed by atoms with E-state index in [1.807, 2.05) is 38.3 Å². The van der Waals surface area contributed by atoms with Crippen molar-refractivity contribution >= 4 is 128 Å². The van der Waals surface area contributed by atoms with Crippen LogP contribution >= 0.6 is 36.2 Å². The Labute approximate surface area is 527 Å². The van der Waals surface area contributed by atoms with Gasteiger partial charge in [-0.1, -0.05) is 52.3 Å². The summed E-state index contributed by atoms with van der Waals surface area (Å²) >= 11 is 11.8. The number of nitrogens with zero attached hydrogens (tertiary/aromatic N) is 3. The van der Waals surface area contributed by atoms with Gasteiger partial charge in [-0.25, -0.2) is 4.98 Å². The topological polar surface area (TPSA) is 436 Å². The lowest BCUT2D eigenvalue weighted by molar-refractivity contribution is -0.135. The first-order valence-corrected chi connectivity index (χ1v) is 31.0. The van der Waals surface area contributed by atoms with E-state index in [0.717, 1.165) is 10.9 Å². The van der Waals surface area contributed by atoms with Gasteiger partial charge in [-0.05, 0) is 113 Å². The van der Waals surface area contributed by atoms with E-state index < -0.39 is 114 Å². The minimum Gasteiger partial charge on any atom is -0.370 e. The number of thioether (sulfide) groups is 1. The summed E-state index contributed by atoms with van der Waals surface area (Å²) < 4.78 is 0. The number of nitrogens with one attached hydrogen (secondary N) is 14. The predicted octanol–water partition coefficient (Wildman–Crippen LogP) is -0.718. The van der Waals surface area contributed by atoms with E-state index in [-0.39, 0.29) is 56.0 Å². The fourth-order valence-corrected chi connectivity index (χ4v) is 9.11. The van der Waals surface area contributed by atoms with E-state index in [2.05, 4.69) is 89.2 Å². The molecule has 0 aliphatic rings. The second-order valence-corrected chi connectivity index (χ2v) is 23.3. The first kappa shape index (κ1) is 74.0. The lowest BCUT2D eigenvalue weighted by Gasteiger charge is -2.26. The van der Waals surface area contributed by atoms with E-state index in [9.17, 15) is 47.9 Å². The molecule has 32 heteroatoms. The van der Waals surface area contributed by atoms with Gasteiger partial charge in [0.2, 0.25) is 59.1 Å². The SMILES string of the molecule is CNC(=S)N/N=C(C)/C(C)=N/NC(=S)NCCCCCC(=O)NC(CCC(N)=O)C(=O)NC(Cc1c[nH]c2ccccc12)C(=O)N[C@@H](C)C(=O)NC(C(=O)NCC(=O)NC(Cc1cnc[nH]1)C(=O)NC(CC(C)C)C(=O)NC(CCSC)C(N)=O)C(C)C. The van der Waals surface area contributed by atoms with E-state index in [1.165, 1.54) is 31.2 Å². The van der Waals surface area contributed by atoms with E-state index in [1.54, 1.807) is 47.0 Å². The molecular formula is C56H87N19O10S3. The molecule has 7 atom stereocenters. The first-order valence-electron chi connectivity index (χ1n) is 28.8. The number of primary amides is 2. The highest BCUT2D eigenvalue weighted by Crippen LogP contribution is 2.20. The second-order valence-electron chi connectivity index (χ2n) is 21.5. The van der Waals surface area contributed by atoms with Crippen molar-refractivity contribution in [2.75, 3.05) is 32.1 Å². The molecule has 6 unspecified atom stereocenters. The summed E-state index contributed by atoms with van der Waals surface area (Å²) in [6.45, 7) is 11.7. The zero-order chi connectivity index (χ0) is 65.5. The zero-order valence-corrected chi connectivity index (χ0v) is 53.7. The molecule has 3 aromatic rings. The number of carbonyl (C=O) groups is 10. The molecule has 484 valence electrons. The van der Waals surface area contributed by atoms with Gasteiger partial charge in [0, 0.05) is 68.3 Å². The Balaban J connectivity index is 1.68. The molecule has 10 amide bonds. The molecule has 29 nitrogen and oxygen atoms in total. The largest absolute Gasteiger partial charge is 0.370 e. The number of H-pyrrole nitrogens is 2. The summed E-state index contributed by atoms with van der Waals surface area (Å²) in [5, 5.41) is 36.6. The van der Waals surface area contributed by atoms with Gasteiger partial charge in [0.05, 0.1) is 24.3 Å². The predicted molar refractivity (Wildman–Crippen MR) is 345 cm³/mol. The Kier molecular flexibility index (Phi) is 32.6. The molecule has 2 aromatic heterocycles. The normalized spacial score (nSPS) is 13.9. The molecule has 3 rings (SSSR count). The number of aromatic amines is 2. The van der Waals surface area contributed by atoms with Crippen LogP contribution in [0.25, 0.3) is 10.9 Å². The van der Waals surface area contributed by atoms with Gasteiger partial charge in [0.25, 0.3) is 0 Å². The fraction of sp³-hybridized carbons (Fsp3) is 0.554. The Morgan fingerprint density at radius 3 is 1.89 bits per heavy atom. The minimum absolute atomic E-state index is 0.0276. The molecule has 0 aliphatic heterocycles. The van der Waals surface area contributed by atoms with Gasteiger partial charge in [0.15, 0.2) is 10.2 Å². The summed E-state index contributed by atoms with van der Waals surface area (Å²) in [6.07, 6.45) is 7.87. The lowest BCUT2D eigenvalue weighted by atomic mass is 10.0. The van der Waals surface area contributed by atoms with Gasteiger partial charge >= 0.3 is 0 Å². The number of hydrazone groups is 2. The smallest absolute Gasteiger partial charge is 0.243 e. The van der Waals surface area contributed by atoms with Crippen molar-refractivity contribution in [3.63, 3.8) is 0 Å². The van der Waals surface area contributed by atoms with Crippen LogP contribution in [-0.4, -0.2) is 170 Å². The van der Waals surface area contributed by atoms with Gasteiger partial charge < -0.3 is 74.6 Å². The van der Waals surface area contributed by atoms with Crippen LogP contribution in [0.15, 0.2) is 53.2 Å². The van der Waals surface area contributed by atoms with Crippen molar-refractivity contribution in [1.82, 2.24) is 79.0 Å². The van der Waals surface area contributed by atoms with Crippen LogP contribution in [0.1, 0.15) is 111 Å². The summed E-state index contributed by atoms with van der Waals surface area (Å²) in [5.41, 5.74) is 19.4. The molecule has 0 saturated heterocycles. The highest BCUT2D eigenvalue weighted by molar-refractivity contribution is 7.98. The number of amides is 10. The molecule has 0 aliphatic carbocycles. The van der Waals surface area contributed by atoms with Crippen molar-refractivity contribution in [1.29, 1.82) is 0 Å². The maximum Gasteiger partial charge on any atom is 0.243 e. The number of para-hydroxylation sites is 1. The molecule has 0 spiro atoms. The number of nitrogens with two attached hydrogens (primary N) is 2. The van der Waals surface area contributed by atoms with E-state index in [0.29, 0.717) is 59.4 Å². The van der Waals surface area contributed by atoms with Crippen molar-refractivity contribution in [2.24, 2.45) is 33.5 Å². The maximum absolute atomic E-state index is 14.3.